The number of hydrogen-bond donors (Lipinski definition) is 2. The fourth-order valence-corrected chi connectivity index (χ4v) is 2.63. The van der Waals surface area contributed by atoms with E-state index in [1.807, 2.05) is 0 Å². The fourth-order valence-electron chi connectivity index (χ4n) is 1.52. The van der Waals surface area contributed by atoms with Crippen molar-refractivity contribution in [3.63, 3.8) is 0 Å². The van der Waals surface area contributed by atoms with Gasteiger partial charge in [-0.05, 0) is 18.2 Å². The van der Waals surface area contributed by atoms with E-state index in [9.17, 15) is 14.9 Å². The molecular weight excluding hydrogens is 280 g/mol. The van der Waals surface area contributed by atoms with Gasteiger partial charge in [-0.2, -0.15) is 0 Å². The number of nitrogens with one attached hydrogen (secondary N) is 1. The van der Waals surface area contributed by atoms with Crippen LogP contribution in [-0.2, 0) is 4.79 Å². The monoisotopic (exact) mass is 286 g/mol. The number of carboxylic acids is 1. The zero-order chi connectivity index (χ0) is 13.3. The van der Waals surface area contributed by atoms with Crippen LogP contribution in [0.3, 0.4) is 0 Å². The van der Waals surface area contributed by atoms with Crippen LogP contribution in [0.15, 0.2) is 34.5 Å². The predicted molar refractivity (Wildman–Crippen MR) is 67.5 cm³/mol. The number of rotatable bonds is 2. The Morgan fingerprint density at radius 2 is 2.28 bits per heavy atom. The Hall–Kier alpha value is -1.73. The van der Waals surface area contributed by atoms with Crippen molar-refractivity contribution in [1.82, 2.24) is 0 Å². The van der Waals surface area contributed by atoms with Gasteiger partial charge < -0.3 is 10.4 Å². The van der Waals surface area contributed by atoms with Crippen LogP contribution in [-0.4, -0.2) is 21.8 Å². The predicted octanol–water partition coefficient (Wildman–Crippen LogP) is 2.43. The van der Waals surface area contributed by atoms with Gasteiger partial charge in [-0.15, -0.1) is 11.8 Å². The highest BCUT2D eigenvalue weighted by Crippen LogP contribution is 2.36. The maximum atomic E-state index is 10.8. The minimum atomic E-state index is -1.56. The maximum absolute atomic E-state index is 10.8. The van der Waals surface area contributed by atoms with Crippen LogP contribution < -0.4 is 5.32 Å². The van der Waals surface area contributed by atoms with Crippen molar-refractivity contribution >= 4 is 35.0 Å². The molecule has 0 radical (unpaired) electrons. The Morgan fingerprint density at radius 3 is 2.89 bits per heavy atom. The van der Waals surface area contributed by atoms with Crippen molar-refractivity contribution in [3.8, 4) is 0 Å². The number of fused-ring (bicyclic) bond motifs is 1. The highest BCUT2D eigenvalue weighted by atomic mass is 35.5. The van der Waals surface area contributed by atoms with Crippen molar-refractivity contribution in [1.29, 1.82) is 0 Å². The Labute approximate surface area is 111 Å². The third-order valence-corrected chi connectivity index (χ3v) is 3.61. The van der Waals surface area contributed by atoms with Crippen LogP contribution in [0.5, 0.6) is 0 Å². The van der Waals surface area contributed by atoms with E-state index in [0.717, 1.165) is 4.90 Å². The summed E-state index contributed by atoms with van der Waals surface area (Å²) in [5.41, 5.74) is -0.199. The summed E-state index contributed by atoms with van der Waals surface area (Å²) in [5, 5.41) is 22.8. The normalized spacial score (nSPS) is 16.5. The smallest absolute Gasteiger partial charge is 0.409 e. The van der Waals surface area contributed by atoms with Crippen LogP contribution in [0.1, 0.15) is 0 Å². The van der Waals surface area contributed by atoms with Crippen molar-refractivity contribution < 1.29 is 14.8 Å². The molecule has 0 saturated heterocycles. The van der Waals surface area contributed by atoms with E-state index in [4.69, 9.17) is 16.7 Å². The number of carboxylic acid groups (broad SMARTS) is 1. The molecule has 0 fully saturated rings. The average molecular weight is 287 g/mol. The number of carbonyl (C=O) groups is 1. The summed E-state index contributed by atoms with van der Waals surface area (Å²) >= 11 is 7.14. The molecule has 1 aliphatic heterocycles. The highest BCUT2D eigenvalue weighted by molar-refractivity contribution is 7.99. The van der Waals surface area contributed by atoms with E-state index >= 15 is 0 Å². The van der Waals surface area contributed by atoms with E-state index in [0.29, 0.717) is 10.7 Å². The lowest BCUT2D eigenvalue weighted by atomic mass is 10.2. The van der Waals surface area contributed by atoms with E-state index < -0.39 is 16.6 Å². The van der Waals surface area contributed by atoms with E-state index in [1.54, 1.807) is 18.2 Å². The quantitative estimate of drug-likeness (QED) is 0.493. The Morgan fingerprint density at radius 1 is 1.56 bits per heavy atom. The fraction of sp³-hybridized carbons (Fsp3) is 0.100. The van der Waals surface area contributed by atoms with Crippen molar-refractivity contribution in [2.75, 3.05) is 11.1 Å². The van der Waals surface area contributed by atoms with Gasteiger partial charge in [-0.25, -0.2) is 4.79 Å². The van der Waals surface area contributed by atoms with E-state index in [1.165, 1.54) is 11.8 Å². The molecule has 0 amide bonds. The minimum Gasteiger partial charge on any atom is -0.473 e. The number of aliphatic carboxylic acids is 1. The molecule has 94 valence electrons. The van der Waals surface area contributed by atoms with Crippen LogP contribution in [0.2, 0.25) is 5.02 Å². The molecule has 0 aliphatic carbocycles. The van der Waals surface area contributed by atoms with E-state index in [-0.39, 0.29) is 11.4 Å². The molecule has 8 heteroatoms. The average Bonchev–Trinajstić information content (AvgIpc) is 2.27. The molecule has 1 aromatic rings. The Kier molecular flexibility index (Phi) is 3.44. The van der Waals surface area contributed by atoms with Crippen LogP contribution in [0.4, 0.5) is 5.69 Å². The summed E-state index contributed by atoms with van der Waals surface area (Å²) in [6.45, 7) is 0. The first kappa shape index (κ1) is 12.7. The third kappa shape index (κ3) is 2.41. The standard InChI is InChI=1S/C10H7ClN2O4S/c11-5-1-2-8-6(3-5)12-7(4-18-8)9(10(14)15)13(16)17/h1-3,12H,4H2,(H,14,15)/b9-7+. The first-order valence-electron chi connectivity index (χ1n) is 4.79. The third-order valence-electron chi connectivity index (χ3n) is 2.27. The van der Waals surface area contributed by atoms with Gasteiger partial charge in [0.1, 0.15) is 5.70 Å². The summed E-state index contributed by atoms with van der Waals surface area (Å²) in [5.74, 6) is -1.36. The largest absolute Gasteiger partial charge is 0.473 e. The van der Waals surface area contributed by atoms with Crippen LogP contribution in [0.25, 0.3) is 0 Å². The van der Waals surface area contributed by atoms with Gasteiger partial charge in [-0.1, -0.05) is 11.6 Å². The molecule has 0 saturated carbocycles. The van der Waals surface area contributed by atoms with Crippen LogP contribution in [0, 0.1) is 10.1 Å². The Balaban J connectivity index is 2.44. The first-order valence-corrected chi connectivity index (χ1v) is 6.15. The Bertz CT molecular complexity index is 557. The first-order chi connectivity index (χ1) is 8.49. The summed E-state index contributed by atoms with van der Waals surface area (Å²) in [4.78, 5) is 21.5. The van der Waals surface area contributed by atoms with Crippen molar-refractivity contribution in [3.05, 3.63) is 44.7 Å². The van der Waals surface area contributed by atoms with Crippen molar-refractivity contribution in [2.45, 2.75) is 4.90 Å². The molecule has 1 aromatic carbocycles. The van der Waals surface area contributed by atoms with Gasteiger partial charge in [-0.3, -0.25) is 10.1 Å². The number of thioether (sulfide) groups is 1. The minimum absolute atomic E-state index is 0.0623. The molecule has 0 bridgehead atoms. The number of nitrogens with zero attached hydrogens (tertiary/aromatic N) is 1. The molecule has 0 unspecified atom stereocenters. The second kappa shape index (κ2) is 4.87. The SMILES string of the molecule is O=C(O)/C(=C1/CSc2ccc(Cl)cc2N1)[N+](=O)[O-]. The number of nitro groups is 1. The van der Waals surface area contributed by atoms with E-state index in [2.05, 4.69) is 5.32 Å². The molecule has 18 heavy (non-hydrogen) atoms. The molecule has 0 atom stereocenters. The maximum Gasteiger partial charge on any atom is 0.409 e. The number of anilines is 1. The topological polar surface area (TPSA) is 92.5 Å². The lowest BCUT2D eigenvalue weighted by Gasteiger charge is -2.19. The van der Waals surface area contributed by atoms with Gasteiger partial charge in [0, 0.05) is 15.7 Å². The van der Waals surface area contributed by atoms with Crippen molar-refractivity contribution in [2.24, 2.45) is 0 Å². The summed E-state index contributed by atoms with van der Waals surface area (Å²) in [6, 6.07) is 5.08. The second-order valence-corrected chi connectivity index (χ2v) is 4.90. The van der Waals surface area contributed by atoms with Gasteiger partial charge in [0.05, 0.1) is 10.6 Å². The molecular formula is C10H7ClN2O4S. The number of hydrogen-bond acceptors (Lipinski definition) is 5. The summed E-state index contributed by atoms with van der Waals surface area (Å²) in [6.07, 6.45) is 0. The molecule has 0 aromatic heterocycles. The molecule has 2 N–H and O–H groups in total. The van der Waals surface area contributed by atoms with Crippen LogP contribution >= 0.6 is 23.4 Å². The highest BCUT2D eigenvalue weighted by Gasteiger charge is 2.29. The molecule has 1 aliphatic rings. The van der Waals surface area contributed by atoms with Gasteiger partial charge in [0.2, 0.25) is 0 Å². The molecule has 2 rings (SSSR count). The van der Waals surface area contributed by atoms with Gasteiger partial charge >= 0.3 is 11.7 Å². The number of halogens is 1. The molecule has 1 heterocycles. The molecule has 6 nitrogen and oxygen atoms in total. The lowest BCUT2D eigenvalue weighted by molar-refractivity contribution is -0.422. The van der Waals surface area contributed by atoms with Gasteiger partial charge in [0.25, 0.3) is 0 Å². The zero-order valence-electron chi connectivity index (χ0n) is 8.84. The zero-order valence-corrected chi connectivity index (χ0v) is 10.4. The number of benzene rings is 1. The van der Waals surface area contributed by atoms with Gasteiger partial charge in [0.15, 0.2) is 0 Å². The summed E-state index contributed by atoms with van der Waals surface area (Å²) < 4.78 is 0. The lowest BCUT2D eigenvalue weighted by Crippen LogP contribution is -2.20. The summed E-state index contributed by atoms with van der Waals surface area (Å²) in [7, 11) is 0. The second-order valence-electron chi connectivity index (χ2n) is 3.44. The molecule has 0 spiro atoms.